The smallest absolute Gasteiger partial charge is 0.154 e. The third kappa shape index (κ3) is 5.25. The maximum Gasteiger partial charge on any atom is 0.154 e. The van der Waals surface area contributed by atoms with Crippen LogP contribution in [0.25, 0.3) is 0 Å². The molecule has 1 rings (SSSR count). The van der Waals surface area contributed by atoms with Crippen LogP contribution in [0.15, 0.2) is 29.4 Å². The van der Waals surface area contributed by atoms with Crippen molar-refractivity contribution in [2.24, 2.45) is 0 Å². The number of rotatable bonds is 8. The standard InChI is InChI=1S/C19H26O4/c1-13(2)6-5-7-14(3)8-9-16-18(23-4)10-15(11-20)17(12-21)19(16)22/h6,8,10,12,20,22H,5,7,9,11H2,1-4H3. The molecule has 0 radical (unpaired) electrons. The molecular weight excluding hydrogens is 292 g/mol. The minimum atomic E-state index is -0.324. The molecule has 126 valence electrons. The number of carbonyl (C=O) groups is 1. The second kappa shape index (κ2) is 9.16. The minimum Gasteiger partial charge on any atom is -0.507 e. The number of aromatic hydroxyl groups is 1. The van der Waals surface area contributed by atoms with Crippen molar-refractivity contribution in [1.29, 1.82) is 0 Å². The fraction of sp³-hybridized carbons (Fsp3) is 0.421. The Morgan fingerprint density at radius 2 is 1.96 bits per heavy atom. The summed E-state index contributed by atoms with van der Waals surface area (Å²) < 4.78 is 5.29. The summed E-state index contributed by atoms with van der Waals surface area (Å²) in [6.45, 7) is 5.87. The molecule has 0 aliphatic rings. The summed E-state index contributed by atoms with van der Waals surface area (Å²) in [5.74, 6) is 0.363. The van der Waals surface area contributed by atoms with Crippen LogP contribution in [0.2, 0.25) is 0 Å². The van der Waals surface area contributed by atoms with Crippen LogP contribution < -0.4 is 4.74 Å². The Bertz CT molecular complexity index is 608. The number of methoxy groups -OCH3 is 1. The predicted molar refractivity (Wildman–Crippen MR) is 92.1 cm³/mol. The van der Waals surface area contributed by atoms with E-state index in [1.165, 1.54) is 18.3 Å². The minimum absolute atomic E-state index is 0.114. The van der Waals surface area contributed by atoms with E-state index in [1.807, 2.05) is 13.0 Å². The molecule has 0 amide bonds. The Balaban J connectivity index is 3.03. The Hall–Kier alpha value is -2.07. The number of phenols is 1. The molecule has 0 fully saturated rings. The SMILES string of the molecule is COc1cc(CO)c(C=O)c(O)c1CC=C(C)CCC=C(C)C. The van der Waals surface area contributed by atoms with E-state index in [9.17, 15) is 15.0 Å². The number of aliphatic hydroxyl groups is 1. The van der Waals surface area contributed by atoms with Crippen molar-refractivity contribution in [3.05, 3.63) is 46.1 Å². The monoisotopic (exact) mass is 318 g/mol. The molecule has 0 unspecified atom stereocenters. The Labute approximate surface area is 138 Å². The van der Waals surface area contributed by atoms with E-state index in [0.29, 0.717) is 29.6 Å². The Kier molecular flexibility index (Phi) is 7.55. The zero-order valence-corrected chi connectivity index (χ0v) is 14.3. The molecule has 0 aliphatic heterocycles. The number of hydrogen-bond acceptors (Lipinski definition) is 4. The molecule has 0 saturated heterocycles. The van der Waals surface area contributed by atoms with Crippen LogP contribution in [-0.2, 0) is 13.0 Å². The van der Waals surface area contributed by atoms with Gasteiger partial charge in [0.2, 0.25) is 0 Å². The molecule has 4 heteroatoms. The highest BCUT2D eigenvalue weighted by Gasteiger charge is 2.16. The molecule has 0 heterocycles. The van der Waals surface area contributed by atoms with Crippen molar-refractivity contribution < 1.29 is 19.7 Å². The van der Waals surface area contributed by atoms with E-state index >= 15 is 0 Å². The summed E-state index contributed by atoms with van der Waals surface area (Å²) in [6.07, 6.45) is 7.19. The molecule has 1 aromatic rings. The van der Waals surface area contributed by atoms with Crippen LogP contribution in [0.1, 0.15) is 55.1 Å². The summed E-state index contributed by atoms with van der Waals surface area (Å²) in [4.78, 5) is 11.2. The maximum absolute atomic E-state index is 11.2. The third-order valence-corrected chi connectivity index (χ3v) is 3.74. The lowest BCUT2D eigenvalue weighted by Crippen LogP contribution is -2.00. The molecule has 0 aliphatic carbocycles. The average Bonchev–Trinajstić information content (AvgIpc) is 2.52. The number of phenolic OH excluding ortho intramolecular Hbond substituents is 1. The van der Waals surface area contributed by atoms with Crippen LogP contribution >= 0.6 is 0 Å². The van der Waals surface area contributed by atoms with Crippen molar-refractivity contribution in [1.82, 2.24) is 0 Å². The first kappa shape index (κ1) is 19.0. The van der Waals surface area contributed by atoms with E-state index in [1.54, 1.807) is 6.07 Å². The summed E-state index contributed by atoms with van der Waals surface area (Å²) in [6, 6.07) is 1.60. The van der Waals surface area contributed by atoms with Gasteiger partial charge >= 0.3 is 0 Å². The van der Waals surface area contributed by atoms with Gasteiger partial charge in [-0.05, 0) is 51.7 Å². The topological polar surface area (TPSA) is 66.8 Å². The first-order valence-corrected chi connectivity index (χ1v) is 7.71. The molecular formula is C19H26O4. The number of carbonyl (C=O) groups excluding carboxylic acids is 1. The first-order valence-electron chi connectivity index (χ1n) is 7.71. The number of hydrogen-bond donors (Lipinski definition) is 2. The van der Waals surface area contributed by atoms with Gasteiger partial charge in [0.05, 0.1) is 19.3 Å². The number of ether oxygens (including phenoxy) is 1. The Morgan fingerprint density at radius 3 is 2.48 bits per heavy atom. The lowest BCUT2D eigenvalue weighted by Gasteiger charge is -2.14. The van der Waals surface area contributed by atoms with E-state index in [2.05, 4.69) is 19.9 Å². The third-order valence-electron chi connectivity index (χ3n) is 3.74. The van der Waals surface area contributed by atoms with Crippen molar-refractivity contribution in [3.8, 4) is 11.5 Å². The zero-order valence-electron chi connectivity index (χ0n) is 14.3. The van der Waals surface area contributed by atoms with Gasteiger partial charge in [0.15, 0.2) is 6.29 Å². The maximum atomic E-state index is 11.2. The second-order valence-electron chi connectivity index (χ2n) is 5.83. The van der Waals surface area contributed by atoms with E-state index in [0.717, 1.165) is 12.8 Å². The highest BCUT2D eigenvalue weighted by Crippen LogP contribution is 2.34. The number of benzene rings is 1. The summed E-state index contributed by atoms with van der Waals surface area (Å²) in [5, 5.41) is 19.6. The summed E-state index contributed by atoms with van der Waals surface area (Å²) in [5.41, 5.74) is 3.56. The summed E-state index contributed by atoms with van der Waals surface area (Å²) in [7, 11) is 1.51. The molecule has 0 saturated carbocycles. The fourth-order valence-electron chi connectivity index (χ4n) is 2.36. The Morgan fingerprint density at radius 1 is 1.26 bits per heavy atom. The number of allylic oxidation sites excluding steroid dienone is 4. The second-order valence-corrected chi connectivity index (χ2v) is 5.83. The van der Waals surface area contributed by atoms with Gasteiger partial charge in [0.1, 0.15) is 11.5 Å². The zero-order chi connectivity index (χ0) is 17.4. The first-order chi connectivity index (χ1) is 10.9. The average molecular weight is 318 g/mol. The fourth-order valence-corrected chi connectivity index (χ4v) is 2.36. The van der Waals surface area contributed by atoms with Gasteiger partial charge in [-0.15, -0.1) is 0 Å². The van der Waals surface area contributed by atoms with Crippen LogP contribution in [0.3, 0.4) is 0 Å². The molecule has 4 nitrogen and oxygen atoms in total. The van der Waals surface area contributed by atoms with Crippen molar-refractivity contribution >= 4 is 6.29 Å². The van der Waals surface area contributed by atoms with Crippen molar-refractivity contribution in [2.45, 2.75) is 46.6 Å². The predicted octanol–water partition coefficient (Wildman–Crippen LogP) is 3.94. The largest absolute Gasteiger partial charge is 0.507 e. The quantitative estimate of drug-likeness (QED) is 0.563. The number of aldehydes is 1. The van der Waals surface area contributed by atoms with Gasteiger partial charge in [0.25, 0.3) is 0 Å². The van der Waals surface area contributed by atoms with Gasteiger partial charge in [0, 0.05) is 5.56 Å². The van der Waals surface area contributed by atoms with Crippen molar-refractivity contribution in [3.63, 3.8) is 0 Å². The van der Waals surface area contributed by atoms with E-state index < -0.39 is 0 Å². The normalized spacial score (nSPS) is 11.3. The van der Waals surface area contributed by atoms with Gasteiger partial charge in [-0.3, -0.25) is 4.79 Å². The number of aliphatic hydroxyl groups excluding tert-OH is 1. The molecule has 0 atom stereocenters. The van der Waals surface area contributed by atoms with Crippen LogP contribution in [0.4, 0.5) is 0 Å². The molecule has 2 N–H and O–H groups in total. The summed E-state index contributed by atoms with van der Waals surface area (Å²) >= 11 is 0. The van der Waals surface area contributed by atoms with Crippen LogP contribution in [-0.4, -0.2) is 23.6 Å². The van der Waals surface area contributed by atoms with E-state index in [-0.39, 0.29) is 17.9 Å². The molecule has 0 aromatic heterocycles. The van der Waals surface area contributed by atoms with Gasteiger partial charge < -0.3 is 14.9 Å². The van der Waals surface area contributed by atoms with Gasteiger partial charge in [-0.2, -0.15) is 0 Å². The van der Waals surface area contributed by atoms with Crippen LogP contribution in [0, 0.1) is 0 Å². The molecule has 0 bridgehead atoms. The highest BCUT2D eigenvalue weighted by atomic mass is 16.5. The molecule has 1 aromatic carbocycles. The lowest BCUT2D eigenvalue weighted by molar-refractivity contribution is 0.111. The molecule has 0 spiro atoms. The molecule has 23 heavy (non-hydrogen) atoms. The highest BCUT2D eigenvalue weighted by molar-refractivity contribution is 5.83. The van der Waals surface area contributed by atoms with Crippen LogP contribution in [0.5, 0.6) is 11.5 Å². The van der Waals surface area contributed by atoms with Gasteiger partial charge in [-0.25, -0.2) is 0 Å². The van der Waals surface area contributed by atoms with Gasteiger partial charge in [-0.1, -0.05) is 23.3 Å². The van der Waals surface area contributed by atoms with Crippen molar-refractivity contribution in [2.75, 3.05) is 7.11 Å². The lowest BCUT2D eigenvalue weighted by atomic mass is 9.98. The van der Waals surface area contributed by atoms with E-state index in [4.69, 9.17) is 4.74 Å².